The molecule has 10 heteroatoms. The van der Waals surface area contributed by atoms with Crippen LogP contribution in [0.4, 0.5) is 0 Å². The molecule has 2 amide bonds. The fraction of sp³-hybridized carbons (Fsp3) is 0.0833. The summed E-state index contributed by atoms with van der Waals surface area (Å²) < 4.78 is 6.53. The van der Waals surface area contributed by atoms with E-state index in [1.807, 2.05) is 6.07 Å². The van der Waals surface area contributed by atoms with Crippen LogP contribution in [-0.2, 0) is 11.3 Å². The van der Waals surface area contributed by atoms with Gasteiger partial charge in [-0.2, -0.15) is 0 Å². The maximum Gasteiger partial charge on any atom is 0.277 e. The van der Waals surface area contributed by atoms with Crippen LogP contribution in [0.2, 0.25) is 0 Å². The number of fused-ring (bicyclic) bond motifs is 2. The van der Waals surface area contributed by atoms with E-state index in [1.165, 1.54) is 6.26 Å². The number of carbonyl (C=O) groups is 2. The molecular formula is C24H18N6O4. The molecule has 5 aromatic rings. The highest BCUT2D eigenvalue weighted by molar-refractivity contribution is 6.07. The number of nitrogens with zero attached hydrogens (tertiary/aromatic N) is 4. The fourth-order valence-corrected chi connectivity index (χ4v) is 3.55. The van der Waals surface area contributed by atoms with Crippen LogP contribution in [0.1, 0.15) is 16.8 Å². The van der Waals surface area contributed by atoms with E-state index in [-0.39, 0.29) is 18.5 Å². The van der Waals surface area contributed by atoms with Crippen molar-refractivity contribution in [3.8, 4) is 11.5 Å². The second-order valence-electron chi connectivity index (χ2n) is 7.44. The Kier molecular flexibility index (Phi) is 5.53. The lowest BCUT2D eigenvalue weighted by molar-refractivity contribution is -0.122. The summed E-state index contributed by atoms with van der Waals surface area (Å²) in [5.74, 6) is -0.479. The molecule has 3 aromatic heterocycles. The van der Waals surface area contributed by atoms with Gasteiger partial charge in [0.1, 0.15) is 11.2 Å². The molecule has 0 aliphatic rings. The summed E-state index contributed by atoms with van der Waals surface area (Å²) in [4.78, 5) is 42.3. The van der Waals surface area contributed by atoms with Gasteiger partial charge in [0, 0.05) is 11.8 Å². The number of aromatic nitrogens is 4. The lowest BCUT2D eigenvalue weighted by atomic mass is 10.1. The third-order valence-corrected chi connectivity index (χ3v) is 5.23. The normalized spacial score (nSPS) is 10.9. The summed E-state index contributed by atoms with van der Waals surface area (Å²) in [5.41, 5.74) is 6.39. The highest BCUT2D eigenvalue weighted by Gasteiger charge is 2.16. The van der Waals surface area contributed by atoms with Crippen molar-refractivity contribution in [3.63, 3.8) is 0 Å². The minimum absolute atomic E-state index is 0.0131. The zero-order valence-electron chi connectivity index (χ0n) is 17.8. The number of aryl methyl sites for hydroxylation is 1. The van der Waals surface area contributed by atoms with E-state index in [9.17, 15) is 14.4 Å². The Hall–Kier alpha value is -4.86. The molecule has 0 fully saturated rings. The van der Waals surface area contributed by atoms with E-state index in [1.54, 1.807) is 60.7 Å². The summed E-state index contributed by atoms with van der Waals surface area (Å²) in [6.45, 7) is 0.0131. The average Bonchev–Trinajstić information content (AvgIpc) is 3.41. The Balaban J connectivity index is 1.29. The van der Waals surface area contributed by atoms with Crippen molar-refractivity contribution in [2.24, 2.45) is 0 Å². The van der Waals surface area contributed by atoms with Gasteiger partial charge in [-0.05, 0) is 36.4 Å². The minimum atomic E-state index is -0.512. The molecule has 0 aliphatic carbocycles. The monoisotopic (exact) mass is 454 g/mol. The van der Waals surface area contributed by atoms with Crippen molar-refractivity contribution in [2.45, 2.75) is 13.0 Å². The van der Waals surface area contributed by atoms with E-state index in [0.717, 1.165) is 4.68 Å². The largest absolute Gasteiger partial charge is 0.463 e. The molecule has 0 bridgehead atoms. The Morgan fingerprint density at radius 1 is 0.912 bits per heavy atom. The van der Waals surface area contributed by atoms with E-state index in [4.69, 9.17) is 4.42 Å². The van der Waals surface area contributed by atoms with Crippen LogP contribution in [0, 0.1) is 0 Å². The van der Waals surface area contributed by atoms with Gasteiger partial charge in [0.05, 0.1) is 29.3 Å². The number of pyridine rings is 1. The highest BCUT2D eigenvalue weighted by Crippen LogP contribution is 2.25. The molecule has 0 radical (unpaired) electrons. The molecule has 0 spiro atoms. The first-order chi connectivity index (χ1) is 16.6. The first kappa shape index (κ1) is 21.0. The summed E-state index contributed by atoms with van der Waals surface area (Å²) in [6.07, 6.45) is 1.44. The van der Waals surface area contributed by atoms with Gasteiger partial charge in [0.15, 0.2) is 5.76 Å². The number of para-hydroxylation sites is 1. The molecule has 0 atom stereocenters. The molecule has 0 saturated carbocycles. The maximum absolute atomic E-state index is 12.9. The van der Waals surface area contributed by atoms with Crippen LogP contribution in [0.5, 0.6) is 0 Å². The molecule has 10 nitrogen and oxygen atoms in total. The second kappa shape index (κ2) is 8.94. The summed E-state index contributed by atoms with van der Waals surface area (Å²) in [7, 11) is 0. The van der Waals surface area contributed by atoms with Gasteiger partial charge < -0.3 is 4.42 Å². The van der Waals surface area contributed by atoms with Crippen molar-refractivity contribution >= 4 is 33.6 Å². The standard InChI is InChI=1S/C24H18N6O4/c31-22(11-12-30-24(33)16-7-2-4-9-19(16)26-29-30)27-28-23(32)17-14-20(21-10-5-13-34-21)25-18-8-3-1-6-15(17)18/h1-10,13-14H,11-12H2,(H,27,31)(H,28,32). The van der Waals surface area contributed by atoms with Crippen molar-refractivity contribution in [3.05, 3.63) is 88.9 Å². The summed E-state index contributed by atoms with van der Waals surface area (Å²) >= 11 is 0. The average molecular weight is 454 g/mol. The third kappa shape index (κ3) is 4.11. The number of hydrogen-bond acceptors (Lipinski definition) is 7. The molecule has 0 aliphatic heterocycles. The SMILES string of the molecule is O=C(CCn1nnc2ccccc2c1=O)NNC(=O)c1cc(-c2ccco2)nc2ccccc12. The van der Waals surface area contributed by atoms with E-state index < -0.39 is 11.8 Å². The third-order valence-electron chi connectivity index (χ3n) is 5.23. The number of rotatable bonds is 5. The number of benzene rings is 2. The molecule has 2 N–H and O–H groups in total. The van der Waals surface area contributed by atoms with Crippen LogP contribution in [0.3, 0.4) is 0 Å². The number of carbonyl (C=O) groups excluding carboxylic acids is 2. The van der Waals surface area contributed by atoms with Gasteiger partial charge >= 0.3 is 0 Å². The van der Waals surface area contributed by atoms with Gasteiger partial charge in [-0.15, -0.1) is 5.10 Å². The molecule has 2 aromatic carbocycles. The Morgan fingerprint density at radius 2 is 1.68 bits per heavy atom. The Morgan fingerprint density at radius 3 is 2.47 bits per heavy atom. The zero-order chi connectivity index (χ0) is 23.5. The highest BCUT2D eigenvalue weighted by atomic mass is 16.3. The predicted octanol–water partition coefficient (Wildman–Crippen LogP) is 2.45. The van der Waals surface area contributed by atoms with Gasteiger partial charge in [0.25, 0.3) is 11.5 Å². The van der Waals surface area contributed by atoms with Crippen LogP contribution in [0.25, 0.3) is 33.3 Å². The van der Waals surface area contributed by atoms with Crippen molar-refractivity contribution < 1.29 is 14.0 Å². The molecule has 0 saturated heterocycles. The van der Waals surface area contributed by atoms with Gasteiger partial charge in [-0.1, -0.05) is 35.5 Å². The number of hydrazine groups is 1. The van der Waals surface area contributed by atoms with Crippen LogP contribution < -0.4 is 16.4 Å². The molecule has 3 heterocycles. The van der Waals surface area contributed by atoms with Gasteiger partial charge in [0.2, 0.25) is 5.91 Å². The molecule has 168 valence electrons. The molecule has 5 rings (SSSR count). The lowest BCUT2D eigenvalue weighted by Gasteiger charge is -2.11. The van der Waals surface area contributed by atoms with Crippen LogP contribution in [0.15, 0.2) is 82.2 Å². The van der Waals surface area contributed by atoms with Gasteiger partial charge in [-0.3, -0.25) is 25.2 Å². The zero-order valence-corrected chi connectivity index (χ0v) is 17.8. The predicted molar refractivity (Wildman–Crippen MR) is 123 cm³/mol. The topological polar surface area (TPSA) is 132 Å². The Labute approximate surface area is 192 Å². The van der Waals surface area contributed by atoms with Crippen LogP contribution in [-0.4, -0.2) is 31.8 Å². The van der Waals surface area contributed by atoms with Crippen molar-refractivity contribution in [1.82, 2.24) is 30.8 Å². The number of furan rings is 1. The van der Waals surface area contributed by atoms with E-state index in [2.05, 4.69) is 26.1 Å². The number of hydrogen-bond donors (Lipinski definition) is 2. The summed E-state index contributed by atoms with van der Waals surface area (Å²) in [5, 5.41) is 8.90. The van der Waals surface area contributed by atoms with E-state index >= 15 is 0 Å². The number of nitrogens with one attached hydrogen (secondary N) is 2. The maximum atomic E-state index is 12.9. The van der Waals surface area contributed by atoms with Crippen molar-refractivity contribution in [2.75, 3.05) is 0 Å². The molecular weight excluding hydrogens is 436 g/mol. The molecule has 0 unspecified atom stereocenters. The Bertz CT molecular complexity index is 1580. The van der Waals surface area contributed by atoms with Crippen LogP contribution >= 0.6 is 0 Å². The summed E-state index contributed by atoms with van der Waals surface area (Å²) in [6, 6.07) is 19.1. The second-order valence-corrected chi connectivity index (χ2v) is 7.44. The smallest absolute Gasteiger partial charge is 0.277 e. The van der Waals surface area contributed by atoms with Gasteiger partial charge in [-0.25, -0.2) is 9.67 Å². The minimum Gasteiger partial charge on any atom is -0.463 e. The quantitative estimate of drug-likeness (QED) is 0.390. The first-order valence-corrected chi connectivity index (χ1v) is 10.5. The fourth-order valence-electron chi connectivity index (χ4n) is 3.55. The number of amides is 2. The van der Waals surface area contributed by atoms with Crippen molar-refractivity contribution in [1.29, 1.82) is 0 Å². The first-order valence-electron chi connectivity index (χ1n) is 10.5. The molecule has 34 heavy (non-hydrogen) atoms. The van der Waals surface area contributed by atoms with E-state index in [0.29, 0.717) is 38.8 Å². The lowest BCUT2D eigenvalue weighted by Crippen LogP contribution is -2.42.